The Kier molecular flexibility index (Phi) is 9.05. The Morgan fingerprint density at radius 2 is 1.80 bits per heavy atom. The molecule has 2 N–H and O–H groups in total. The molecule has 1 atom stereocenters. The van der Waals surface area contributed by atoms with Crippen LogP contribution >= 0.6 is 11.3 Å². The van der Waals surface area contributed by atoms with Crippen LogP contribution in [0.5, 0.6) is 5.75 Å². The van der Waals surface area contributed by atoms with Crippen molar-refractivity contribution >= 4 is 33.5 Å². The summed E-state index contributed by atoms with van der Waals surface area (Å²) in [6.45, 7) is 5.84. The molecule has 12 heteroatoms. The van der Waals surface area contributed by atoms with Crippen LogP contribution in [0.4, 0.5) is 0 Å². The van der Waals surface area contributed by atoms with Crippen molar-refractivity contribution in [1.82, 2.24) is 9.13 Å². The topological polar surface area (TPSA) is 146 Å². The lowest BCUT2D eigenvalue weighted by Gasteiger charge is -2.31. The van der Waals surface area contributed by atoms with Gasteiger partial charge in [0.05, 0.1) is 37.9 Å². The number of carbonyl (C=O) groups is 2. The molecule has 11 nitrogen and oxygen atoms in total. The SMILES string of the molecule is CCOC(=O)c1sc2c(c1C)c(=O)n(C(C)(C)C(=O)O)c(=O)n2C[C@H](OC1CCC(O)CC1)c1ccccc1OC. The number of carboxylic acid groups (broad SMARTS) is 1. The molecule has 1 saturated carbocycles. The molecule has 1 fully saturated rings. The van der Waals surface area contributed by atoms with E-state index in [0.717, 1.165) is 15.9 Å². The second-order valence-corrected chi connectivity index (χ2v) is 11.7. The number of ether oxygens (including phenoxy) is 3. The van der Waals surface area contributed by atoms with Crippen LogP contribution in [-0.4, -0.2) is 57.2 Å². The quantitative estimate of drug-likeness (QED) is 0.339. The van der Waals surface area contributed by atoms with Crippen molar-refractivity contribution in [3.63, 3.8) is 0 Å². The highest BCUT2D eigenvalue weighted by atomic mass is 32.1. The van der Waals surface area contributed by atoms with Crippen LogP contribution < -0.4 is 16.0 Å². The van der Waals surface area contributed by atoms with Gasteiger partial charge in [0.2, 0.25) is 0 Å². The van der Waals surface area contributed by atoms with E-state index < -0.39 is 34.8 Å². The number of rotatable bonds is 10. The van der Waals surface area contributed by atoms with Gasteiger partial charge in [-0.3, -0.25) is 9.36 Å². The highest BCUT2D eigenvalue weighted by molar-refractivity contribution is 7.20. The van der Waals surface area contributed by atoms with Crippen LogP contribution in [0, 0.1) is 6.92 Å². The number of thiophene rings is 1. The number of esters is 1. The molecule has 3 aromatic rings. The number of carboxylic acids is 1. The van der Waals surface area contributed by atoms with Gasteiger partial charge in [0.15, 0.2) is 0 Å². The summed E-state index contributed by atoms with van der Waals surface area (Å²) >= 11 is 0.956. The fourth-order valence-corrected chi connectivity index (χ4v) is 6.41. The van der Waals surface area contributed by atoms with Crippen molar-refractivity contribution in [2.45, 2.75) is 83.8 Å². The molecular formula is C29H36N2O9S. The minimum absolute atomic E-state index is 0.0755. The molecule has 41 heavy (non-hydrogen) atoms. The first-order valence-corrected chi connectivity index (χ1v) is 14.4. The van der Waals surface area contributed by atoms with Crippen LogP contribution in [-0.2, 0) is 26.4 Å². The maximum atomic E-state index is 14.1. The molecule has 0 spiro atoms. The largest absolute Gasteiger partial charge is 0.496 e. The molecule has 0 radical (unpaired) electrons. The Morgan fingerprint density at radius 1 is 1.15 bits per heavy atom. The van der Waals surface area contributed by atoms with Gasteiger partial charge in [-0.2, -0.15) is 0 Å². The standard InChI is InChI=1S/C29H36N2O9S/c1-6-39-26(34)23-16(2)22-24(33)31(29(3,4)27(35)36)28(37)30(25(22)41-23)15-21(19-9-7-8-10-20(19)38-5)40-18-13-11-17(32)12-14-18/h7-10,17-18,21,32H,6,11-15H2,1-5H3,(H,35,36)/t17?,18?,21-/m0/s1. The molecule has 1 aliphatic carbocycles. The summed E-state index contributed by atoms with van der Waals surface area (Å²) in [6, 6.07) is 7.23. The summed E-state index contributed by atoms with van der Waals surface area (Å²) in [6.07, 6.45) is 1.07. The zero-order chi connectivity index (χ0) is 30.1. The van der Waals surface area contributed by atoms with Gasteiger partial charge in [-0.05, 0) is 65.0 Å². The zero-order valence-electron chi connectivity index (χ0n) is 23.8. The van der Waals surface area contributed by atoms with E-state index in [4.69, 9.17) is 14.2 Å². The van der Waals surface area contributed by atoms with Gasteiger partial charge in [0, 0.05) is 5.56 Å². The van der Waals surface area contributed by atoms with Crippen molar-refractivity contribution in [2.75, 3.05) is 13.7 Å². The lowest BCUT2D eigenvalue weighted by atomic mass is 9.94. The Labute approximate surface area is 240 Å². The highest BCUT2D eigenvalue weighted by Gasteiger charge is 2.36. The molecule has 0 aliphatic heterocycles. The fraction of sp³-hybridized carbons (Fsp3) is 0.517. The summed E-state index contributed by atoms with van der Waals surface area (Å²) in [7, 11) is 1.53. The Bertz CT molecular complexity index is 1560. The first-order chi connectivity index (χ1) is 19.4. The Hall–Kier alpha value is -3.48. The Morgan fingerprint density at radius 3 is 2.41 bits per heavy atom. The van der Waals surface area contributed by atoms with Crippen LogP contribution in [0.15, 0.2) is 33.9 Å². The monoisotopic (exact) mass is 588 g/mol. The number of aryl methyl sites for hydroxylation is 1. The molecule has 0 unspecified atom stereocenters. The third-order valence-corrected chi connectivity index (χ3v) is 8.89. The predicted octanol–water partition coefficient (Wildman–Crippen LogP) is 3.60. The van der Waals surface area contributed by atoms with E-state index >= 15 is 0 Å². The first kappa shape index (κ1) is 30.5. The third-order valence-electron chi connectivity index (χ3n) is 7.59. The second kappa shape index (κ2) is 12.2. The van der Waals surface area contributed by atoms with Gasteiger partial charge in [-0.15, -0.1) is 11.3 Å². The average Bonchev–Trinajstić information content (AvgIpc) is 3.28. The molecule has 2 heterocycles. The predicted molar refractivity (Wildman–Crippen MR) is 153 cm³/mol. The third kappa shape index (κ3) is 5.81. The van der Waals surface area contributed by atoms with Crippen LogP contribution in [0.1, 0.15) is 73.4 Å². The number of para-hydroxylation sites is 1. The van der Waals surface area contributed by atoms with Crippen LogP contribution in [0.3, 0.4) is 0 Å². The number of aliphatic hydroxyl groups excluding tert-OH is 1. The van der Waals surface area contributed by atoms with E-state index in [2.05, 4.69) is 0 Å². The summed E-state index contributed by atoms with van der Waals surface area (Å²) in [5.74, 6) is -1.46. The van der Waals surface area contributed by atoms with Crippen molar-refractivity contribution in [1.29, 1.82) is 0 Å². The number of methoxy groups -OCH3 is 1. The van der Waals surface area contributed by atoms with E-state index in [-0.39, 0.29) is 40.5 Å². The van der Waals surface area contributed by atoms with E-state index in [0.29, 0.717) is 42.6 Å². The maximum absolute atomic E-state index is 14.1. The summed E-state index contributed by atoms with van der Waals surface area (Å²) < 4.78 is 19.4. The molecule has 1 aromatic carbocycles. The number of aliphatic carboxylic acids is 1. The van der Waals surface area contributed by atoms with Gasteiger partial charge in [0.25, 0.3) is 5.56 Å². The second-order valence-electron chi connectivity index (χ2n) is 10.7. The van der Waals surface area contributed by atoms with Gasteiger partial charge in [-0.25, -0.2) is 19.0 Å². The number of aliphatic hydroxyl groups is 1. The number of fused-ring (bicyclic) bond motifs is 1. The molecule has 0 saturated heterocycles. The summed E-state index contributed by atoms with van der Waals surface area (Å²) in [5.41, 5.74) is -2.55. The van der Waals surface area contributed by atoms with Gasteiger partial charge in [0.1, 0.15) is 27.1 Å². The first-order valence-electron chi connectivity index (χ1n) is 13.6. The van der Waals surface area contributed by atoms with Gasteiger partial charge in [-0.1, -0.05) is 18.2 Å². The van der Waals surface area contributed by atoms with Gasteiger partial charge < -0.3 is 24.4 Å². The lowest BCUT2D eigenvalue weighted by Crippen LogP contribution is -2.52. The summed E-state index contributed by atoms with van der Waals surface area (Å²) in [4.78, 5) is 53.2. The maximum Gasteiger partial charge on any atom is 0.348 e. The van der Waals surface area contributed by atoms with Crippen LogP contribution in [0.2, 0.25) is 0 Å². The number of nitrogens with zero attached hydrogens (tertiary/aromatic N) is 2. The number of benzene rings is 1. The molecule has 222 valence electrons. The number of hydrogen-bond acceptors (Lipinski definition) is 9. The van der Waals surface area contributed by atoms with Crippen molar-refractivity contribution in [2.24, 2.45) is 0 Å². The smallest absolute Gasteiger partial charge is 0.348 e. The van der Waals surface area contributed by atoms with Crippen LogP contribution in [0.25, 0.3) is 10.2 Å². The van der Waals surface area contributed by atoms with E-state index in [1.54, 1.807) is 19.9 Å². The lowest BCUT2D eigenvalue weighted by molar-refractivity contribution is -0.146. The highest BCUT2D eigenvalue weighted by Crippen LogP contribution is 2.35. The van der Waals surface area contributed by atoms with E-state index in [9.17, 15) is 29.4 Å². The molecule has 1 aliphatic rings. The Balaban J connectivity index is 1.97. The van der Waals surface area contributed by atoms with Gasteiger partial charge >= 0.3 is 17.6 Å². The molecule has 4 rings (SSSR count). The normalized spacial score (nSPS) is 18.3. The molecule has 0 bridgehead atoms. The average molecular weight is 589 g/mol. The minimum atomic E-state index is -1.89. The fourth-order valence-electron chi connectivity index (χ4n) is 5.21. The minimum Gasteiger partial charge on any atom is -0.496 e. The number of hydrogen-bond donors (Lipinski definition) is 2. The van der Waals surface area contributed by atoms with E-state index in [1.165, 1.54) is 25.5 Å². The summed E-state index contributed by atoms with van der Waals surface area (Å²) in [5, 5.41) is 20.0. The molecule has 2 aromatic heterocycles. The zero-order valence-corrected chi connectivity index (χ0v) is 24.7. The molecular weight excluding hydrogens is 552 g/mol. The molecule has 0 amide bonds. The van der Waals surface area contributed by atoms with Crippen molar-refractivity contribution in [3.05, 3.63) is 61.1 Å². The van der Waals surface area contributed by atoms with E-state index in [1.807, 2.05) is 18.2 Å². The van der Waals surface area contributed by atoms with Crippen molar-refractivity contribution < 1.29 is 34.0 Å². The van der Waals surface area contributed by atoms with Crippen molar-refractivity contribution in [3.8, 4) is 5.75 Å². The number of aromatic nitrogens is 2. The number of carbonyl (C=O) groups excluding carboxylic acids is 1.